The van der Waals surface area contributed by atoms with Gasteiger partial charge < -0.3 is 10.2 Å². The van der Waals surface area contributed by atoms with Crippen molar-refractivity contribution in [2.24, 2.45) is 11.8 Å². The van der Waals surface area contributed by atoms with Crippen molar-refractivity contribution >= 4 is 11.8 Å². The maximum Gasteiger partial charge on any atom is 0.225 e. The second kappa shape index (κ2) is 6.07. The van der Waals surface area contributed by atoms with Crippen LogP contribution >= 0.6 is 0 Å². The molecule has 0 saturated carbocycles. The van der Waals surface area contributed by atoms with Gasteiger partial charge in [0.15, 0.2) is 0 Å². The third-order valence-electron chi connectivity index (χ3n) is 3.55. The Labute approximate surface area is 118 Å². The number of carbonyl (C=O) groups excluding carboxylic acids is 2. The van der Waals surface area contributed by atoms with E-state index in [2.05, 4.69) is 29.4 Å². The minimum Gasteiger partial charge on any atom is -0.349 e. The third kappa shape index (κ3) is 3.37. The van der Waals surface area contributed by atoms with Crippen molar-refractivity contribution in [1.82, 2.24) is 20.4 Å². The van der Waals surface area contributed by atoms with Gasteiger partial charge in [-0.05, 0) is 12.8 Å². The Bertz CT molecular complexity index is 470. The Balaban J connectivity index is 1.89. The molecule has 1 aromatic rings. The van der Waals surface area contributed by atoms with Crippen molar-refractivity contribution in [3.63, 3.8) is 0 Å². The zero-order valence-electron chi connectivity index (χ0n) is 12.2. The second-order valence-corrected chi connectivity index (χ2v) is 5.86. The highest BCUT2D eigenvalue weighted by molar-refractivity contribution is 5.89. The first-order chi connectivity index (χ1) is 9.47. The van der Waals surface area contributed by atoms with Crippen LogP contribution in [0.1, 0.15) is 38.8 Å². The number of nitrogens with one attached hydrogen (secondary N) is 2. The molecule has 0 bridgehead atoms. The van der Waals surface area contributed by atoms with Gasteiger partial charge in [0.25, 0.3) is 0 Å². The maximum absolute atomic E-state index is 12.2. The van der Waals surface area contributed by atoms with Crippen molar-refractivity contribution < 1.29 is 9.59 Å². The van der Waals surface area contributed by atoms with E-state index in [9.17, 15) is 9.59 Å². The highest BCUT2D eigenvalue weighted by Gasteiger charge is 2.34. The summed E-state index contributed by atoms with van der Waals surface area (Å²) in [4.78, 5) is 25.9. The Morgan fingerprint density at radius 1 is 1.55 bits per heavy atom. The molecule has 1 saturated heterocycles. The fourth-order valence-corrected chi connectivity index (χ4v) is 2.48. The fourth-order valence-electron chi connectivity index (χ4n) is 2.48. The number of rotatable bonds is 5. The number of likely N-dealkylation sites (tertiary alicyclic amines) is 1. The minimum absolute atomic E-state index is 0.0571. The lowest BCUT2D eigenvalue weighted by Gasteiger charge is -2.19. The SMILES string of the molecule is CC(C)CN1CC(C(=O)NC(C)c2cn[nH]c2)CC1=O. The minimum atomic E-state index is -0.240. The maximum atomic E-state index is 12.2. The number of amides is 2. The number of aromatic nitrogens is 2. The van der Waals surface area contributed by atoms with Crippen LogP contribution in [0.4, 0.5) is 0 Å². The summed E-state index contributed by atoms with van der Waals surface area (Å²) >= 11 is 0. The number of aromatic amines is 1. The molecular formula is C14H22N4O2. The molecule has 1 fully saturated rings. The van der Waals surface area contributed by atoms with E-state index in [0.717, 1.165) is 12.1 Å². The van der Waals surface area contributed by atoms with Gasteiger partial charge in [0, 0.05) is 31.3 Å². The average molecular weight is 278 g/mol. The summed E-state index contributed by atoms with van der Waals surface area (Å²) in [5.41, 5.74) is 0.932. The molecule has 2 atom stereocenters. The predicted octanol–water partition coefficient (Wildman–Crippen LogP) is 1.09. The molecule has 6 nitrogen and oxygen atoms in total. The normalized spacial score (nSPS) is 20.5. The molecule has 2 unspecified atom stereocenters. The summed E-state index contributed by atoms with van der Waals surface area (Å²) in [5, 5.41) is 9.53. The molecule has 2 rings (SSSR count). The van der Waals surface area contributed by atoms with Crippen LogP contribution in [-0.4, -0.2) is 40.0 Å². The van der Waals surface area contributed by atoms with Crippen molar-refractivity contribution in [1.29, 1.82) is 0 Å². The summed E-state index contributed by atoms with van der Waals surface area (Å²) in [6, 6.07) is -0.101. The molecule has 1 aromatic heterocycles. The quantitative estimate of drug-likeness (QED) is 0.846. The van der Waals surface area contributed by atoms with Gasteiger partial charge in [0.2, 0.25) is 11.8 Å². The standard InChI is InChI=1S/C14H22N4O2/c1-9(2)7-18-8-11(4-13(18)19)14(20)17-10(3)12-5-15-16-6-12/h5-6,9-11H,4,7-8H2,1-3H3,(H,15,16)(H,17,20). The lowest BCUT2D eigenvalue weighted by Crippen LogP contribution is -2.35. The average Bonchev–Trinajstić information content (AvgIpc) is 2.99. The first-order valence-electron chi connectivity index (χ1n) is 7.04. The smallest absolute Gasteiger partial charge is 0.225 e. The van der Waals surface area contributed by atoms with Crippen LogP contribution in [0.25, 0.3) is 0 Å². The van der Waals surface area contributed by atoms with E-state index in [4.69, 9.17) is 0 Å². The van der Waals surface area contributed by atoms with E-state index in [1.54, 1.807) is 17.3 Å². The van der Waals surface area contributed by atoms with E-state index >= 15 is 0 Å². The highest BCUT2D eigenvalue weighted by atomic mass is 16.2. The van der Waals surface area contributed by atoms with Crippen molar-refractivity contribution in [3.05, 3.63) is 18.0 Å². The highest BCUT2D eigenvalue weighted by Crippen LogP contribution is 2.20. The number of H-pyrrole nitrogens is 1. The molecule has 0 radical (unpaired) electrons. The predicted molar refractivity (Wildman–Crippen MR) is 74.7 cm³/mol. The van der Waals surface area contributed by atoms with E-state index in [-0.39, 0.29) is 23.8 Å². The molecule has 6 heteroatoms. The molecule has 110 valence electrons. The van der Waals surface area contributed by atoms with Gasteiger partial charge in [-0.2, -0.15) is 5.10 Å². The van der Waals surface area contributed by atoms with Crippen LogP contribution in [0, 0.1) is 11.8 Å². The topological polar surface area (TPSA) is 78.1 Å². The van der Waals surface area contributed by atoms with Crippen LogP contribution in [-0.2, 0) is 9.59 Å². The van der Waals surface area contributed by atoms with Crippen LogP contribution < -0.4 is 5.32 Å². The Morgan fingerprint density at radius 2 is 2.30 bits per heavy atom. The zero-order valence-corrected chi connectivity index (χ0v) is 12.2. The number of nitrogens with zero attached hydrogens (tertiary/aromatic N) is 2. The van der Waals surface area contributed by atoms with Crippen molar-refractivity contribution in [3.8, 4) is 0 Å². The Morgan fingerprint density at radius 3 is 2.90 bits per heavy atom. The van der Waals surface area contributed by atoms with Gasteiger partial charge in [0.1, 0.15) is 0 Å². The number of hydrogen-bond acceptors (Lipinski definition) is 3. The molecular weight excluding hydrogens is 256 g/mol. The Hall–Kier alpha value is -1.85. The van der Waals surface area contributed by atoms with E-state index in [1.807, 2.05) is 6.92 Å². The third-order valence-corrected chi connectivity index (χ3v) is 3.55. The van der Waals surface area contributed by atoms with Gasteiger partial charge in [-0.1, -0.05) is 13.8 Å². The van der Waals surface area contributed by atoms with E-state index in [1.165, 1.54) is 0 Å². The lowest BCUT2D eigenvalue weighted by molar-refractivity contribution is -0.129. The zero-order chi connectivity index (χ0) is 14.7. The monoisotopic (exact) mass is 278 g/mol. The largest absolute Gasteiger partial charge is 0.349 e. The summed E-state index contributed by atoms with van der Waals surface area (Å²) in [6.07, 6.45) is 3.77. The molecule has 2 N–H and O–H groups in total. The van der Waals surface area contributed by atoms with Crippen LogP contribution in [0.15, 0.2) is 12.4 Å². The first kappa shape index (κ1) is 14.6. The molecule has 20 heavy (non-hydrogen) atoms. The van der Waals surface area contributed by atoms with Crippen LogP contribution in [0.3, 0.4) is 0 Å². The molecule has 0 aromatic carbocycles. The summed E-state index contributed by atoms with van der Waals surface area (Å²) in [5.74, 6) is 0.203. The summed E-state index contributed by atoms with van der Waals surface area (Å²) in [6.45, 7) is 7.30. The lowest BCUT2D eigenvalue weighted by atomic mass is 10.1. The molecule has 0 aliphatic carbocycles. The second-order valence-electron chi connectivity index (χ2n) is 5.86. The van der Waals surface area contributed by atoms with Gasteiger partial charge in [0.05, 0.1) is 18.2 Å². The first-order valence-corrected chi connectivity index (χ1v) is 7.04. The molecule has 1 aliphatic heterocycles. The van der Waals surface area contributed by atoms with Crippen molar-refractivity contribution in [2.75, 3.05) is 13.1 Å². The van der Waals surface area contributed by atoms with E-state index in [0.29, 0.717) is 18.9 Å². The molecule has 0 spiro atoms. The van der Waals surface area contributed by atoms with Gasteiger partial charge in [-0.3, -0.25) is 14.7 Å². The number of carbonyl (C=O) groups is 2. The summed E-state index contributed by atoms with van der Waals surface area (Å²) in [7, 11) is 0. The fraction of sp³-hybridized carbons (Fsp3) is 0.643. The van der Waals surface area contributed by atoms with Crippen LogP contribution in [0.5, 0.6) is 0 Å². The molecule has 2 amide bonds. The Kier molecular flexibility index (Phi) is 4.42. The van der Waals surface area contributed by atoms with Gasteiger partial charge >= 0.3 is 0 Å². The van der Waals surface area contributed by atoms with Gasteiger partial charge in [-0.15, -0.1) is 0 Å². The van der Waals surface area contributed by atoms with Crippen molar-refractivity contribution in [2.45, 2.75) is 33.2 Å². The summed E-state index contributed by atoms with van der Waals surface area (Å²) < 4.78 is 0. The van der Waals surface area contributed by atoms with Crippen LogP contribution in [0.2, 0.25) is 0 Å². The molecule has 1 aliphatic rings. The molecule has 2 heterocycles. The number of hydrogen-bond donors (Lipinski definition) is 2. The van der Waals surface area contributed by atoms with E-state index < -0.39 is 0 Å². The van der Waals surface area contributed by atoms with Gasteiger partial charge in [-0.25, -0.2) is 0 Å².